The monoisotopic (exact) mass is 164 g/mol. The second-order valence-corrected chi connectivity index (χ2v) is 2.57. The first-order valence-electron chi connectivity index (χ1n) is 3.81. The Bertz CT molecular complexity index is 194. The molecule has 1 aromatic rings. The predicted molar refractivity (Wildman–Crippen MR) is 58.5 cm³/mol. The number of benzene rings is 1. The predicted octanol–water partition coefficient (Wildman–Crippen LogP) is 4.13. The summed E-state index contributed by atoms with van der Waals surface area (Å²) in [5.41, 5.74) is 2.68. The van der Waals surface area contributed by atoms with Crippen molar-refractivity contribution in [3.63, 3.8) is 0 Å². The van der Waals surface area contributed by atoms with Gasteiger partial charge in [0.2, 0.25) is 0 Å². The van der Waals surface area contributed by atoms with Crippen LogP contribution in [0.25, 0.3) is 0 Å². The standard InChI is InChI=1S/C8H10.C3H6.CH4/c1-7-4-3-5-8(2)6-7;1-3-2;/h3-6H,1-2H3;3H,1H2,2H3;1H4. The molecule has 0 aliphatic heterocycles. The fourth-order valence-electron chi connectivity index (χ4n) is 0.807. The molecule has 0 aliphatic carbocycles. The largest absolute Gasteiger partial charge is 0.103 e. The number of rotatable bonds is 0. The van der Waals surface area contributed by atoms with E-state index in [1.807, 2.05) is 6.92 Å². The highest BCUT2D eigenvalue weighted by Crippen LogP contribution is 2.00. The lowest BCUT2D eigenvalue weighted by Gasteiger charge is -1.90. The van der Waals surface area contributed by atoms with Crippen LogP contribution in [0.5, 0.6) is 0 Å². The van der Waals surface area contributed by atoms with E-state index in [2.05, 4.69) is 44.7 Å². The third kappa shape index (κ3) is 7.07. The van der Waals surface area contributed by atoms with Crippen LogP contribution in [0.15, 0.2) is 36.9 Å². The molecule has 0 radical (unpaired) electrons. The first-order valence-corrected chi connectivity index (χ1v) is 3.81. The van der Waals surface area contributed by atoms with Crippen molar-refractivity contribution >= 4 is 0 Å². The van der Waals surface area contributed by atoms with Crippen molar-refractivity contribution in [3.05, 3.63) is 48.0 Å². The molecule has 0 atom stereocenters. The minimum Gasteiger partial charge on any atom is -0.103 e. The third-order valence-electron chi connectivity index (χ3n) is 1.17. The molecule has 1 rings (SSSR count). The van der Waals surface area contributed by atoms with Gasteiger partial charge in [0.25, 0.3) is 0 Å². The van der Waals surface area contributed by atoms with Crippen LogP contribution in [0.1, 0.15) is 25.5 Å². The van der Waals surface area contributed by atoms with Gasteiger partial charge in [-0.3, -0.25) is 0 Å². The van der Waals surface area contributed by atoms with E-state index >= 15 is 0 Å². The zero-order valence-corrected chi connectivity index (χ0v) is 7.59. The molecule has 0 saturated carbocycles. The smallest absolute Gasteiger partial charge is 0.0398 e. The van der Waals surface area contributed by atoms with Crippen molar-refractivity contribution in [3.8, 4) is 0 Å². The Balaban J connectivity index is 0. The highest BCUT2D eigenvalue weighted by molar-refractivity contribution is 5.20. The molecule has 0 aliphatic rings. The second-order valence-electron chi connectivity index (χ2n) is 2.57. The third-order valence-corrected chi connectivity index (χ3v) is 1.17. The summed E-state index contributed by atoms with van der Waals surface area (Å²) < 4.78 is 0. The lowest BCUT2D eigenvalue weighted by atomic mass is 10.2. The van der Waals surface area contributed by atoms with Gasteiger partial charge in [-0.15, -0.1) is 6.58 Å². The lowest BCUT2D eigenvalue weighted by Crippen LogP contribution is -1.71. The van der Waals surface area contributed by atoms with Gasteiger partial charge in [-0.1, -0.05) is 48.9 Å². The van der Waals surface area contributed by atoms with Gasteiger partial charge in [-0.2, -0.15) is 0 Å². The van der Waals surface area contributed by atoms with E-state index in [0.717, 1.165) is 0 Å². The van der Waals surface area contributed by atoms with Crippen LogP contribution < -0.4 is 0 Å². The maximum atomic E-state index is 3.36. The molecule has 0 amide bonds. The molecule has 0 N–H and O–H groups in total. The topological polar surface area (TPSA) is 0 Å². The lowest BCUT2D eigenvalue weighted by molar-refractivity contribution is 1.39. The summed E-state index contributed by atoms with van der Waals surface area (Å²) in [6.45, 7) is 9.46. The number of allylic oxidation sites excluding steroid dienone is 1. The molecule has 68 valence electrons. The summed E-state index contributed by atoms with van der Waals surface area (Å²) in [4.78, 5) is 0. The number of hydrogen-bond acceptors (Lipinski definition) is 0. The number of hydrogen-bond donors (Lipinski definition) is 0. The first-order chi connectivity index (χ1) is 5.20. The quantitative estimate of drug-likeness (QED) is 0.506. The van der Waals surface area contributed by atoms with Crippen LogP contribution in [0.2, 0.25) is 0 Å². The van der Waals surface area contributed by atoms with Gasteiger partial charge >= 0.3 is 0 Å². The summed E-state index contributed by atoms with van der Waals surface area (Å²) in [5.74, 6) is 0. The fraction of sp³-hybridized carbons (Fsp3) is 0.333. The fourth-order valence-corrected chi connectivity index (χ4v) is 0.807. The molecular weight excluding hydrogens is 144 g/mol. The van der Waals surface area contributed by atoms with E-state index in [1.165, 1.54) is 11.1 Å². The zero-order chi connectivity index (χ0) is 8.69. The molecule has 12 heavy (non-hydrogen) atoms. The molecule has 0 spiro atoms. The van der Waals surface area contributed by atoms with E-state index < -0.39 is 0 Å². The SMILES string of the molecule is C.C=CC.Cc1cccc(C)c1. The highest BCUT2D eigenvalue weighted by atomic mass is 13.9. The minimum absolute atomic E-state index is 0. The van der Waals surface area contributed by atoms with Gasteiger partial charge < -0.3 is 0 Å². The van der Waals surface area contributed by atoms with Crippen molar-refractivity contribution < 1.29 is 0 Å². The summed E-state index contributed by atoms with van der Waals surface area (Å²) in [5, 5.41) is 0. The molecule has 0 fully saturated rings. The van der Waals surface area contributed by atoms with E-state index in [1.54, 1.807) is 6.08 Å². The van der Waals surface area contributed by atoms with E-state index in [4.69, 9.17) is 0 Å². The van der Waals surface area contributed by atoms with Crippen molar-refractivity contribution in [1.82, 2.24) is 0 Å². The molecular formula is C12H20. The van der Waals surface area contributed by atoms with E-state index in [0.29, 0.717) is 0 Å². The van der Waals surface area contributed by atoms with Crippen LogP contribution in [-0.4, -0.2) is 0 Å². The maximum Gasteiger partial charge on any atom is -0.0398 e. The molecule has 0 heterocycles. The molecule has 0 nitrogen and oxygen atoms in total. The first kappa shape index (κ1) is 13.5. The molecule has 0 heteroatoms. The van der Waals surface area contributed by atoms with Crippen LogP contribution in [0.3, 0.4) is 0 Å². The van der Waals surface area contributed by atoms with Crippen molar-refractivity contribution in [2.45, 2.75) is 28.2 Å². The van der Waals surface area contributed by atoms with Crippen LogP contribution in [0.4, 0.5) is 0 Å². The van der Waals surface area contributed by atoms with Crippen LogP contribution in [-0.2, 0) is 0 Å². The summed E-state index contributed by atoms with van der Waals surface area (Å²) in [6.07, 6.45) is 1.75. The molecule has 1 aromatic carbocycles. The Hall–Kier alpha value is -1.04. The average Bonchev–Trinajstić information content (AvgIpc) is 1.88. The Labute approximate surface area is 76.9 Å². The van der Waals surface area contributed by atoms with Crippen molar-refractivity contribution in [2.24, 2.45) is 0 Å². The van der Waals surface area contributed by atoms with Gasteiger partial charge in [0.05, 0.1) is 0 Å². The molecule has 0 aromatic heterocycles. The highest BCUT2D eigenvalue weighted by Gasteiger charge is 1.80. The van der Waals surface area contributed by atoms with Gasteiger partial charge in [0.15, 0.2) is 0 Å². The summed E-state index contributed by atoms with van der Waals surface area (Å²) in [7, 11) is 0. The Morgan fingerprint density at radius 3 is 1.67 bits per heavy atom. The second kappa shape index (κ2) is 8.06. The van der Waals surface area contributed by atoms with Gasteiger partial charge in [0.1, 0.15) is 0 Å². The van der Waals surface area contributed by atoms with Crippen molar-refractivity contribution in [1.29, 1.82) is 0 Å². The Kier molecular flexibility index (Phi) is 9.10. The zero-order valence-electron chi connectivity index (χ0n) is 7.59. The normalized spacial score (nSPS) is 7.25. The number of aryl methyl sites for hydroxylation is 2. The summed E-state index contributed by atoms with van der Waals surface area (Å²) in [6, 6.07) is 8.45. The van der Waals surface area contributed by atoms with Gasteiger partial charge in [-0.25, -0.2) is 0 Å². The summed E-state index contributed by atoms with van der Waals surface area (Å²) >= 11 is 0. The maximum absolute atomic E-state index is 3.36. The van der Waals surface area contributed by atoms with Crippen LogP contribution >= 0.6 is 0 Å². The minimum atomic E-state index is 0. The van der Waals surface area contributed by atoms with Crippen molar-refractivity contribution in [2.75, 3.05) is 0 Å². The van der Waals surface area contributed by atoms with Crippen LogP contribution in [0, 0.1) is 13.8 Å². The Morgan fingerprint density at radius 1 is 1.17 bits per heavy atom. The van der Waals surface area contributed by atoms with Gasteiger partial charge in [0, 0.05) is 0 Å². The average molecular weight is 164 g/mol. The Morgan fingerprint density at radius 2 is 1.50 bits per heavy atom. The van der Waals surface area contributed by atoms with Gasteiger partial charge in [-0.05, 0) is 20.8 Å². The van der Waals surface area contributed by atoms with E-state index in [9.17, 15) is 0 Å². The molecule has 0 bridgehead atoms. The molecule has 0 saturated heterocycles. The molecule has 0 unspecified atom stereocenters. The van der Waals surface area contributed by atoms with E-state index in [-0.39, 0.29) is 7.43 Å².